The summed E-state index contributed by atoms with van der Waals surface area (Å²) in [6.45, 7) is 5.25. The second-order valence-corrected chi connectivity index (χ2v) is 4.96. The lowest BCUT2D eigenvalue weighted by Crippen LogP contribution is -2.18. The van der Waals surface area contributed by atoms with Crippen LogP contribution in [0.15, 0.2) is 52.8 Å². The molecule has 18 heavy (non-hydrogen) atoms. The lowest BCUT2D eigenvalue weighted by molar-refractivity contribution is 0.590. The molecule has 2 aromatic rings. The first-order valence-corrected chi connectivity index (χ1v) is 6.90. The molecule has 0 aliphatic heterocycles. The molecule has 0 saturated carbocycles. The highest BCUT2D eigenvalue weighted by molar-refractivity contribution is 7.99. The molecule has 1 unspecified atom stereocenters. The van der Waals surface area contributed by atoms with Gasteiger partial charge in [-0.15, -0.1) is 0 Å². The Hall–Kier alpha value is -1.39. The van der Waals surface area contributed by atoms with Gasteiger partial charge in [0.2, 0.25) is 0 Å². The monoisotopic (exact) mass is 259 g/mol. The summed E-state index contributed by atoms with van der Waals surface area (Å²) >= 11 is 1.61. The van der Waals surface area contributed by atoms with E-state index in [0.29, 0.717) is 6.04 Å². The Labute approximate surface area is 112 Å². The summed E-state index contributed by atoms with van der Waals surface area (Å²) in [5.74, 6) is 0. The van der Waals surface area contributed by atoms with E-state index < -0.39 is 0 Å². The third kappa shape index (κ3) is 3.31. The molecule has 2 rings (SSSR count). The fraction of sp³-hybridized carbons (Fsp3) is 0.286. The molecule has 0 aliphatic rings. The molecule has 0 spiro atoms. The smallest absolute Gasteiger partial charge is 0.192 e. The van der Waals surface area contributed by atoms with Crippen LogP contribution in [0.1, 0.15) is 25.5 Å². The van der Waals surface area contributed by atoms with Crippen molar-refractivity contribution in [3.63, 3.8) is 0 Å². The molecule has 1 aromatic heterocycles. The van der Waals surface area contributed by atoms with Crippen molar-refractivity contribution in [1.29, 1.82) is 0 Å². The number of rotatable bonds is 5. The van der Waals surface area contributed by atoms with Crippen molar-refractivity contribution in [1.82, 2.24) is 15.3 Å². The zero-order chi connectivity index (χ0) is 12.8. The van der Waals surface area contributed by atoms with Crippen molar-refractivity contribution in [3.05, 3.63) is 48.3 Å². The van der Waals surface area contributed by atoms with Crippen LogP contribution in [-0.4, -0.2) is 16.5 Å². The molecule has 0 fully saturated rings. The van der Waals surface area contributed by atoms with E-state index in [1.165, 1.54) is 10.5 Å². The SMILES string of the molecule is CCNC(C)c1ccccc1Sc1ncccn1. The van der Waals surface area contributed by atoms with E-state index in [-0.39, 0.29) is 0 Å². The van der Waals surface area contributed by atoms with Crippen molar-refractivity contribution in [2.45, 2.75) is 29.9 Å². The minimum atomic E-state index is 0.336. The molecule has 0 amide bonds. The summed E-state index contributed by atoms with van der Waals surface area (Å²) in [4.78, 5) is 9.71. The van der Waals surface area contributed by atoms with E-state index in [1.54, 1.807) is 24.2 Å². The average Bonchev–Trinajstić information content (AvgIpc) is 2.41. The van der Waals surface area contributed by atoms with Gasteiger partial charge in [-0.1, -0.05) is 25.1 Å². The Morgan fingerprint density at radius 3 is 2.61 bits per heavy atom. The maximum Gasteiger partial charge on any atom is 0.192 e. The summed E-state index contributed by atoms with van der Waals surface area (Å²) in [6.07, 6.45) is 3.54. The molecule has 0 bridgehead atoms. The third-order valence-corrected chi connectivity index (χ3v) is 3.62. The summed E-state index contributed by atoms with van der Waals surface area (Å²) in [7, 11) is 0. The standard InChI is InChI=1S/C14H17N3S/c1-3-15-11(2)12-7-4-5-8-13(12)18-14-16-9-6-10-17-14/h4-11,15H,3H2,1-2H3. The van der Waals surface area contributed by atoms with Gasteiger partial charge in [-0.25, -0.2) is 9.97 Å². The van der Waals surface area contributed by atoms with Crippen LogP contribution in [0.2, 0.25) is 0 Å². The van der Waals surface area contributed by atoms with Gasteiger partial charge in [0.05, 0.1) is 0 Å². The largest absolute Gasteiger partial charge is 0.310 e. The van der Waals surface area contributed by atoms with E-state index in [1.807, 2.05) is 12.1 Å². The minimum Gasteiger partial charge on any atom is -0.310 e. The van der Waals surface area contributed by atoms with Crippen molar-refractivity contribution in [2.24, 2.45) is 0 Å². The number of nitrogens with one attached hydrogen (secondary N) is 1. The van der Waals surface area contributed by atoms with Crippen LogP contribution in [0.4, 0.5) is 0 Å². The van der Waals surface area contributed by atoms with Crippen LogP contribution < -0.4 is 5.32 Å². The molecule has 4 heteroatoms. The fourth-order valence-corrected chi connectivity index (χ4v) is 2.72. The van der Waals surface area contributed by atoms with Crippen LogP contribution in [0, 0.1) is 0 Å². The number of benzene rings is 1. The number of hydrogen-bond donors (Lipinski definition) is 1. The molecule has 0 saturated heterocycles. The quantitative estimate of drug-likeness (QED) is 0.836. The fourth-order valence-electron chi connectivity index (χ4n) is 1.78. The third-order valence-electron chi connectivity index (χ3n) is 2.64. The zero-order valence-corrected chi connectivity index (χ0v) is 11.4. The molecule has 1 atom stereocenters. The van der Waals surface area contributed by atoms with Gasteiger partial charge >= 0.3 is 0 Å². The maximum absolute atomic E-state index is 4.25. The Bertz CT molecular complexity index is 487. The van der Waals surface area contributed by atoms with Crippen LogP contribution in [0.5, 0.6) is 0 Å². The Morgan fingerprint density at radius 1 is 1.17 bits per heavy atom. The van der Waals surface area contributed by atoms with E-state index in [4.69, 9.17) is 0 Å². The molecule has 3 nitrogen and oxygen atoms in total. The van der Waals surface area contributed by atoms with Gasteiger partial charge in [-0.05, 0) is 42.9 Å². The van der Waals surface area contributed by atoms with Gasteiger partial charge in [-0.3, -0.25) is 0 Å². The lowest BCUT2D eigenvalue weighted by atomic mass is 10.1. The van der Waals surface area contributed by atoms with Gasteiger partial charge in [0.1, 0.15) is 0 Å². The Morgan fingerprint density at radius 2 is 1.89 bits per heavy atom. The predicted octanol–water partition coefficient (Wildman–Crippen LogP) is 3.30. The van der Waals surface area contributed by atoms with E-state index >= 15 is 0 Å². The molecule has 1 N–H and O–H groups in total. The van der Waals surface area contributed by atoms with E-state index in [0.717, 1.165) is 11.7 Å². The van der Waals surface area contributed by atoms with Crippen molar-refractivity contribution >= 4 is 11.8 Å². The zero-order valence-electron chi connectivity index (χ0n) is 10.6. The van der Waals surface area contributed by atoms with Crippen LogP contribution in [0.25, 0.3) is 0 Å². The second-order valence-electron chi connectivity index (χ2n) is 3.95. The molecule has 0 aliphatic carbocycles. The summed E-state index contributed by atoms with van der Waals surface area (Å²) < 4.78 is 0. The topological polar surface area (TPSA) is 37.8 Å². The Balaban J connectivity index is 2.22. The Kier molecular flexibility index (Phi) is 4.73. The van der Waals surface area contributed by atoms with Crippen LogP contribution >= 0.6 is 11.8 Å². The lowest BCUT2D eigenvalue weighted by Gasteiger charge is -2.16. The number of aromatic nitrogens is 2. The first-order chi connectivity index (χ1) is 8.81. The highest BCUT2D eigenvalue weighted by Gasteiger charge is 2.10. The molecule has 0 radical (unpaired) electrons. The second kappa shape index (κ2) is 6.52. The highest BCUT2D eigenvalue weighted by Crippen LogP contribution is 2.30. The van der Waals surface area contributed by atoms with Crippen LogP contribution in [0.3, 0.4) is 0 Å². The molecule has 1 aromatic carbocycles. The maximum atomic E-state index is 4.25. The van der Waals surface area contributed by atoms with Gasteiger partial charge < -0.3 is 5.32 Å². The van der Waals surface area contributed by atoms with Gasteiger partial charge in [-0.2, -0.15) is 0 Å². The predicted molar refractivity (Wildman–Crippen MR) is 74.7 cm³/mol. The average molecular weight is 259 g/mol. The highest BCUT2D eigenvalue weighted by atomic mass is 32.2. The first-order valence-electron chi connectivity index (χ1n) is 6.08. The summed E-state index contributed by atoms with van der Waals surface area (Å²) in [5.41, 5.74) is 1.29. The van der Waals surface area contributed by atoms with E-state index in [9.17, 15) is 0 Å². The molecular formula is C14H17N3S. The van der Waals surface area contributed by atoms with Crippen molar-refractivity contribution in [3.8, 4) is 0 Å². The minimum absolute atomic E-state index is 0.336. The van der Waals surface area contributed by atoms with Crippen LogP contribution in [-0.2, 0) is 0 Å². The summed E-state index contributed by atoms with van der Waals surface area (Å²) in [5, 5.41) is 4.22. The molecular weight excluding hydrogens is 242 g/mol. The number of nitrogens with zero attached hydrogens (tertiary/aromatic N) is 2. The first kappa shape index (κ1) is 13.1. The number of hydrogen-bond acceptors (Lipinski definition) is 4. The van der Waals surface area contributed by atoms with Gasteiger partial charge in [0.25, 0.3) is 0 Å². The normalized spacial score (nSPS) is 12.3. The molecule has 94 valence electrons. The van der Waals surface area contributed by atoms with Crippen molar-refractivity contribution in [2.75, 3.05) is 6.54 Å². The molecule has 1 heterocycles. The van der Waals surface area contributed by atoms with Gasteiger partial charge in [0, 0.05) is 23.3 Å². The van der Waals surface area contributed by atoms with Crippen molar-refractivity contribution < 1.29 is 0 Å². The van der Waals surface area contributed by atoms with Gasteiger partial charge in [0.15, 0.2) is 5.16 Å². The summed E-state index contributed by atoms with van der Waals surface area (Å²) in [6, 6.07) is 10.6. The van der Waals surface area contributed by atoms with E-state index in [2.05, 4.69) is 47.3 Å².